The lowest BCUT2D eigenvalue weighted by atomic mass is 10.3. The molecule has 4 aromatic rings. The molecule has 0 fully saturated rings. The number of anilines is 3. The zero-order valence-corrected chi connectivity index (χ0v) is 18.0. The molecular formula is C21H22N8OS. The number of pyridine rings is 1. The molecule has 9 nitrogen and oxygen atoms in total. The van der Waals surface area contributed by atoms with Crippen LogP contribution >= 0.6 is 11.3 Å². The fraction of sp³-hybridized carbons (Fsp3) is 0.190. The highest BCUT2D eigenvalue weighted by atomic mass is 32.1. The maximum atomic E-state index is 12.5. The van der Waals surface area contributed by atoms with Crippen LogP contribution in [0.4, 0.5) is 17.5 Å². The molecular weight excluding hydrogens is 412 g/mol. The molecule has 4 heterocycles. The second-order valence-electron chi connectivity index (χ2n) is 6.85. The minimum absolute atomic E-state index is 0.171. The number of thiophene rings is 1. The number of amides is 1. The molecule has 31 heavy (non-hydrogen) atoms. The van der Waals surface area contributed by atoms with Gasteiger partial charge in [0.25, 0.3) is 5.91 Å². The number of carbonyl (C=O) groups is 1. The summed E-state index contributed by atoms with van der Waals surface area (Å²) in [4.78, 5) is 17.8. The first kappa shape index (κ1) is 20.5. The van der Waals surface area contributed by atoms with Crippen LogP contribution in [-0.2, 0) is 7.05 Å². The van der Waals surface area contributed by atoms with Crippen molar-refractivity contribution >= 4 is 34.7 Å². The average Bonchev–Trinajstić information content (AvgIpc) is 3.44. The van der Waals surface area contributed by atoms with E-state index in [2.05, 4.69) is 36.2 Å². The Balaban J connectivity index is 1.24. The highest BCUT2D eigenvalue weighted by Gasteiger charge is 2.14. The zero-order chi connectivity index (χ0) is 21.6. The Kier molecular flexibility index (Phi) is 6.18. The summed E-state index contributed by atoms with van der Waals surface area (Å²) in [5.41, 5.74) is 2.41. The predicted octanol–water partition coefficient (Wildman–Crippen LogP) is 3.23. The summed E-state index contributed by atoms with van der Waals surface area (Å²) in [6.45, 7) is 2.94. The zero-order valence-electron chi connectivity index (χ0n) is 17.2. The van der Waals surface area contributed by atoms with Gasteiger partial charge in [0, 0.05) is 26.3 Å². The number of hydrogen-bond acceptors (Lipinski definition) is 8. The van der Waals surface area contributed by atoms with Gasteiger partial charge in [0.2, 0.25) is 0 Å². The van der Waals surface area contributed by atoms with Crippen molar-refractivity contribution in [2.45, 2.75) is 6.92 Å². The van der Waals surface area contributed by atoms with Crippen LogP contribution in [0.1, 0.15) is 16.1 Å². The molecule has 10 heteroatoms. The largest absolute Gasteiger partial charge is 0.367 e. The van der Waals surface area contributed by atoms with Gasteiger partial charge < -0.3 is 16.0 Å². The van der Waals surface area contributed by atoms with Crippen molar-refractivity contribution in [2.24, 2.45) is 7.05 Å². The summed E-state index contributed by atoms with van der Waals surface area (Å²) >= 11 is 1.59. The summed E-state index contributed by atoms with van der Waals surface area (Å²) in [6.07, 6.45) is 1.79. The quantitative estimate of drug-likeness (QED) is 0.365. The fourth-order valence-electron chi connectivity index (χ4n) is 2.85. The van der Waals surface area contributed by atoms with E-state index in [4.69, 9.17) is 0 Å². The van der Waals surface area contributed by atoms with Crippen molar-refractivity contribution in [1.29, 1.82) is 0 Å². The van der Waals surface area contributed by atoms with E-state index in [9.17, 15) is 4.79 Å². The van der Waals surface area contributed by atoms with E-state index in [1.807, 2.05) is 48.7 Å². The SMILES string of the molecule is Cc1ccc(Nc2ccc(NCCNC(=O)c3cc(-c4cccs4)nn3C)nn2)nc1. The van der Waals surface area contributed by atoms with Crippen LogP contribution in [0.25, 0.3) is 10.6 Å². The van der Waals surface area contributed by atoms with Gasteiger partial charge in [0.1, 0.15) is 23.0 Å². The van der Waals surface area contributed by atoms with Crippen LogP contribution in [0.2, 0.25) is 0 Å². The second kappa shape index (κ2) is 9.35. The van der Waals surface area contributed by atoms with Gasteiger partial charge >= 0.3 is 0 Å². The lowest BCUT2D eigenvalue weighted by molar-refractivity contribution is 0.0946. The van der Waals surface area contributed by atoms with Gasteiger partial charge in [-0.15, -0.1) is 21.5 Å². The monoisotopic (exact) mass is 434 g/mol. The maximum Gasteiger partial charge on any atom is 0.269 e. The molecule has 158 valence electrons. The van der Waals surface area contributed by atoms with Gasteiger partial charge in [-0.25, -0.2) is 4.98 Å². The van der Waals surface area contributed by atoms with Crippen molar-refractivity contribution in [3.8, 4) is 10.6 Å². The van der Waals surface area contributed by atoms with Crippen LogP contribution in [0, 0.1) is 6.92 Å². The van der Waals surface area contributed by atoms with Crippen molar-refractivity contribution in [1.82, 2.24) is 30.3 Å². The van der Waals surface area contributed by atoms with Crippen LogP contribution < -0.4 is 16.0 Å². The van der Waals surface area contributed by atoms with Gasteiger partial charge in [-0.05, 0) is 48.2 Å². The molecule has 0 saturated heterocycles. The molecule has 3 N–H and O–H groups in total. The third-order valence-electron chi connectivity index (χ3n) is 4.43. The summed E-state index contributed by atoms with van der Waals surface area (Å²) in [7, 11) is 1.77. The van der Waals surface area contributed by atoms with Gasteiger partial charge in [0.05, 0.1) is 4.88 Å². The van der Waals surface area contributed by atoms with Crippen LogP contribution in [0.15, 0.2) is 54.0 Å². The minimum Gasteiger partial charge on any atom is -0.367 e. The Morgan fingerprint density at radius 3 is 2.58 bits per heavy atom. The van der Waals surface area contributed by atoms with Gasteiger partial charge in [-0.2, -0.15) is 5.10 Å². The highest BCUT2D eigenvalue weighted by Crippen LogP contribution is 2.23. The summed E-state index contributed by atoms with van der Waals surface area (Å²) < 4.78 is 1.60. The van der Waals surface area contributed by atoms with E-state index in [-0.39, 0.29) is 5.91 Å². The Hall–Kier alpha value is -3.79. The van der Waals surface area contributed by atoms with Gasteiger partial charge in [-0.3, -0.25) is 9.48 Å². The third-order valence-corrected chi connectivity index (χ3v) is 5.33. The Morgan fingerprint density at radius 1 is 1.06 bits per heavy atom. The molecule has 1 amide bonds. The standard InChI is InChI=1S/C21H22N8OS/c1-14-5-6-18(24-13-14)25-20-8-7-19(26-27-20)22-9-10-23-21(30)16-12-15(28-29(16)2)17-4-3-11-31-17/h3-8,11-13H,9-10H2,1-2H3,(H,22,26)(H,23,30)(H,24,25,27). The molecule has 0 aliphatic carbocycles. The summed E-state index contributed by atoms with van der Waals surface area (Å²) in [6, 6.07) is 13.2. The van der Waals surface area contributed by atoms with Crippen LogP contribution in [0.5, 0.6) is 0 Å². The normalized spacial score (nSPS) is 10.6. The topological polar surface area (TPSA) is 110 Å². The molecule has 0 aromatic carbocycles. The van der Waals surface area contributed by atoms with E-state index in [1.165, 1.54) is 0 Å². The molecule has 0 saturated carbocycles. The van der Waals surface area contributed by atoms with Gasteiger partial charge in [0.15, 0.2) is 5.82 Å². The number of carbonyl (C=O) groups excluding carboxylic acids is 1. The highest BCUT2D eigenvalue weighted by molar-refractivity contribution is 7.13. The number of hydrogen-bond donors (Lipinski definition) is 3. The van der Waals surface area contributed by atoms with E-state index in [0.717, 1.165) is 16.1 Å². The van der Waals surface area contributed by atoms with Crippen molar-refractivity contribution in [3.63, 3.8) is 0 Å². The molecule has 0 aliphatic rings. The number of aryl methyl sites for hydroxylation is 2. The molecule has 0 bridgehead atoms. The maximum absolute atomic E-state index is 12.5. The molecule has 0 aliphatic heterocycles. The van der Waals surface area contributed by atoms with E-state index in [0.29, 0.717) is 36.2 Å². The first-order valence-electron chi connectivity index (χ1n) is 9.72. The van der Waals surface area contributed by atoms with E-state index in [1.54, 1.807) is 35.3 Å². The second-order valence-corrected chi connectivity index (χ2v) is 7.80. The minimum atomic E-state index is -0.171. The first-order chi connectivity index (χ1) is 15.1. The Morgan fingerprint density at radius 2 is 1.87 bits per heavy atom. The molecule has 0 spiro atoms. The molecule has 0 unspecified atom stereocenters. The smallest absolute Gasteiger partial charge is 0.269 e. The number of aromatic nitrogens is 5. The molecule has 0 radical (unpaired) electrons. The van der Waals surface area contributed by atoms with Crippen molar-refractivity contribution in [2.75, 3.05) is 23.7 Å². The number of nitrogens with one attached hydrogen (secondary N) is 3. The molecule has 4 rings (SSSR count). The fourth-order valence-corrected chi connectivity index (χ4v) is 3.53. The van der Waals surface area contributed by atoms with Crippen LogP contribution in [-0.4, -0.2) is 44.0 Å². The predicted molar refractivity (Wildman–Crippen MR) is 122 cm³/mol. The lowest BCUT2D eigenvalue weighted by Crippen LogP contribution is -2.30. The van der Waals surface area contributed by atoms with E-state index < -0.39 is 0 Å². The first-order valence-corrected chi connectivity index (χ1v) is 10.6. The Labute approximate surface area is 183 Å². The van der Waals surface area contributed by atoms with Crippen molar-refractivity contribution < 1.29 is 4.79 Å². The number of nitrogens with zero attached hydrogens (tertiary/aromatic N) is 5. The van der Waals surface area contributed by atoms with Crippen molar-refractivity contribution in [3.05, 3.63) is 65.3 Å². The average molecular weight is 435 g/mol. The number of rotatable bonds is 8. The van der Waals surface area contributed by atoms with Crippen LogP contribution in [0.3, 0.4) is 0 Å². The van der Waals surface area contributed by atoms with E-state index >= 15 is 0 Å². The lowest BCUT2D eigenvalue weighted by Gasteiger charge is -2.08. The van der Waals surface area contributed by atoms with Gasteiger partial charge in [-0.1, -0.05) is 12.1 Å². The summed E-state index contributed by atoms with van der Waals surface area (Å²) in [5.74, 6) is 1.77. The molecule has 4 aromatic heterocycles. The summed E-state index contributed by atoms with van der Waals surface area (Å²) in [5, 5.41) is 23.8. The Bertz CT molecular complexity index is 1140. The molecule has 0 atom stereocenters. The third kappa shape index (κ3) is 5.23.